The highest BCUT2D eigenvalue weighted by molar-refractivity contribution is 5.91. The van der Waals surface area contributed by atoms with Crippen LogP contribution in [0.25, 0.3) is 6.08 Å². The fourth-order valence-corrected chi connectivity index (χ4v) is 6.07. The number of carbonyl (C=O) groups is 2. The predicted octanol–water partition coefficient (Wildman–Crippen LogP) is 6.02. The van der Waals surface area contributed by atoms with Crippen LogP contribution < -0.4 is 5.73 Å². The number of rotatable bonds is 14. The number of benzene rings is 1. The Balaban J connectivity index is 1.64. The van der Waals surface area contributed by atoms with Crippen molar-refractivity contribution in [3.8, 4) is 0 Å². The first kappa shape index (κ1) is 29.2. The summed E-state index contributed by atoms with van der Waals surface area (Å²) >= 11 is 0. The van der Waals surface area contributed by atoms with Crippen molar-refractivity contribution in [2.75, 3.05) is 7.11 Å². The number of carbonyl (C=O) groups excluding carboxylic acids is 1. The lowest BCUT2D eigenvalue weighted by Gasteiger charge is -2.36. The first-order valence-electron chi connectivity index (χ1n) is 14.1. The molecule has 1 aromatic carbocycles. The lowest BCUT2D eigenvalue weighted by molar-refractivity contribution is -0.145. The van der Waals surface area contributed by atoms with Crippen LogP contribution in [0.15, 0.2) is 71.6 Å². The number of hydrogen-bond donors (Lipinski definition) is 2. The normalized spacial score (nSPS) is 19.7. The standard InChI is InChI=1S/C32H39N3O5/c1-39-27-18-16-23(17-19-27)10-7-15-26(14-6-5-9-24-11-8-20-34-21-24)32(31(37)38,25-12-3-2-4-13-25)30-35-28(22-40-30)29(33)36/h2-5,8-9,11-13,20-23,26-27H,6-7,10,14-19H2,1H3,(H2,33,36)(H,37,38)/t23-,26?,27+,32?. The summed E-state index contributed by atoms with van der Waals surface area (Å²) in [5, 5.41) is 10.9. The van der Waals surface area contributed by atoms with Crippen LogP contribution in [0.2, 0.25) is 0 Å². The first-order chi connectivity index (χ1) is 19.4. The quantitative estimate of drug-likeness (QED) is 0.253. The number of ether oxygens (including phenoxy) is 1. The van der Waals surface area contributed by atoms with Crippen LogP contribution in [0.5, 0.6) is 0 Å². The summed E-state index contributed by atoms with van der Waals surface area (Å²) in [4.78, 5) is 33.7. The number of pyridine rings is 1. The molecule has 0 bridgehead atoms. The molecule has 8 nitrogen and oxygen atoms in total. The molecule has 0 saturated heterocycles. The fourth-order valence-electron chi connectivity index (χ4n) is 6.07. The number of methoxy groups -OCH3 is 1. The molecule has 1 fully saturated rings. The van der Waals surface area contributed by atoms with Gasteiger partial charge in [-0.2, -0.15) is 0 Å². The van der Waals surface area contributed by atoms with Gasteiger partial charge in [0, 0.05) is 19.5 Å². The average molecular weight is 546 g/mol. The summed E-state index contributed by atoms with van der Waals surface area (Å²) < 4.78 is 11.3. The molecule has 2 aromatic heterocycles. The third-order valence-corrected chi connectivity index (χ3v) is 8.24. The van der Waals surface area contributed by atoms with Crippen molar-refractivity contribution in [3.63, 3.8) is 0 Å². The van der Waals surface area contributed by atoms with Gasteiger partial charge in [-0.05, 0) is 74.0 Å². The van der Waals surface area contributed by atoms with Crippen molar-refractivity contribution < 1.29 is 23.8 Å². The topological polar surface area (TPSA) is 129 Å². The van der Waals surface area contributed by atoms with E-state index in [1.54, 1.807) is 31.6 Å². The summed E-state index contributed by atoms with van der Waals surface area (Å²) in [7, 11) is 1.78. The Labute approximate surface area is 235 Å². The molecule has 0 spiro atoms. The number of amides is 1. The third kappa shape index (κ3) is 6.86. The second-order valence-corrected chi connectivity index (χ2v) is 10.7. The molecule has 0 radical (unpaired) electrons. The van der Waals surface area contributed by atoms with Gasteiger partial charge in [-0.1, -0.05) is 61.4 Å². The van der Waals surface area contributed by atoms with E-state index < -0.39 is 17.3 Å². The van der Waals surface area contributed by atoms with Crippen LogP contribution in [0.4, 0.5) is 0 Å². The maximum absolute atomic E-state index is 13.4. The predicted molar refractivity (Wildman–Crippen MR) is 152 cm³/mol. The fraction of sp³-hybridized carbons (Fsp3) is 0.438. The molecule has 1 amide bonds. The number of primary amides is 1. The Morgan fingerprint density at radius 3 is 2.55 bits per heavy atom. The van der Waals surface area contributed by atoms with Gasteiger partial charge in [0.05, 0.1) is 6.10 Å². The molecule has 1 saturated carbocycles. The summed E-state index contributed by atoms with van der Waals surface area (Å²) in [6.45, 7) is 0. The van der Waals surface area contributed by atoms with E-state index in [0.29, 0.717) is 36.8 Å². The van der Waals surface area contributed by atoms with E-state index in [9.17, 15) is 14.7 Å². The number of nitrogens with zero attached hydrogens (tertiary/aromatic N) is 2. The van der Waals surface area contributed by atoms with Gasteiger partial charge < -0.3 is 20.0 Å². The molecule has 3 aromatic rings. The second kappa shape index (κ2) is 14.0. The Kier molecular flexibility index (Phi) is 10.2. The van der Waals surface area contributed by atoms with Gasteiger partial charge in [0.2, 0.25) is 5.89 Å². The Morgan fingerprint density at radius 1 is 1.15 bits per heavy atom. The second-order valence-electron chi connectivity index (χ2n) is 10.7. The molecular formula is C32H39N3O5. The molecule has 1 aliphatic rings. The van der Waals surface area contributed by atoms with Gasteiger partial charge in [0.15, 0.2) is 11.1 Å². The van der Waals surface area contributed by atoms with E-state index in [1.807, 2.05) is 36.4 Å². The van der Waals surface area contributed by atoms with Crippen LogP contribution >= 0.6 is 0 Å². The molecule has 2 atom stereocenters. The van der Waals surface area contributed by atoms with Crippen molar-refractivity contribution in [2.45, 2.75) is 69.3 Å². The zero-order valence-corrected chi connectivity index (χ0v) is 23.1. The lowest BCUT2D eigenvalue weighted by Crippen LogP contribution is -2.45. The maximum atomic E-state index is 13.4. The van der Waals surface area contributed by atoms with Crippen LogP contribution in [0, 0.1) is 11.8 Å². The number of oxazole rings is 1. The van der Waals surface area contributed by atoms with Crippen molar-refractivity contribution in [3.05, 3.63) is 89.9 Å². The molecule has 0 aliphatic heterocycles. The van der Waals surface area contributed by atoms with E-state index in [4.69, 9.17) is 14.9 Å². The highest BCUT2D eigenvalue weighted by Gasteiger charge is 2.52. The SMILES string of the molecule is CO[C@H]1CC[C@@H](CCCC(CCC=Cc2cccnc2)C(C(=O)O)(c2ccccc2)c2nc(C(N)=O)co2)CC1. The number of aromatic nitrogens is 2. The van der Waals surface area contributed by atoms with Crippen LogP contribution in [0.3, 0.4) is 0 Å². The van der Waals surface area contributed by atoms with Gasteiger partial charge in [0.25, 0.3) is 5.91 Å². The highest BCUT2D eigenvalue weighted by atomic mass is 16.5. The van der Waals surface area contributed by atoms with E-state index >= 15 is 0 Å². The molecule has 212 valence electrons. The minimum Gasteiger partial charge on any atom is -0.480 e. The number of aliphatic carboxylic acids is 1. The van der Waals surface area contributed by atoms with E-state index in [-0.39, 0.29) is 17.5 Å². The molecule has 4 rings (SSSR count). The van der Waals surface area contributed by atoms with Gasteiger partial charge in [0.1, 0.15) is 6.26 Å². The number of hydrogen-bond acceptors (Lipinski definition) is 6. The smallest absolute Gasteiger partial charge is 0.323 e. The largest absolute Gasteiger partial charge is 0.480 e. The monoisotopic (exact) mass is 545 g/mol. The molecule has 3 N–H and O–H groups in total. The Hall–Kier alpha value is -3.78. The van der Waals surface area contributed by atoms with Gasteiger partial charge in [-0.25, -0.2) is 4.98 Å². The number of nitrogens with two attached hydrogens (primary N) is 1. The number of carboxylic acids is 1. The van der Waals surface area contributed by atoms with E-state index in [1.165, 1.54) is 0 Å². The van der Waals surface area contributed by atoms with Crippen molar-refractivity contribution in [1.82, 2.24) is 9.97 Å². The first-order valence-corrected chi connectivity index (χ1v) is 14.1. The van der Waals surface area contributed by atoms with Gasteiger partial charge in [-0.15, -0.1) is 0 Å². The Bertz CT molecular complexity index is 1250. The van der Waals surface area contributed by atoms with Crippen LogP contribution in [0.1, 0.15) is 85.3 Å². The maximum Gasteiger partial charge on any atom is 0.323 e. The zero-order valence-electron chi connectivity index (χ0n) is 23.1. The third-order valence-electron chi connectivity index (χ3n) is 8.24. The van der Waals surface area contributed by atoms with Crippen LogP contribution in [-0.4, -0.2) is 40.2 Å². The van der Waals surface area contributed by atoms with Crippen molar-refractivity contribution >= 4 is 18.0 Å². The lowest BCUT2D eigenvalue weighted by atomic mass is 9.66. The minimum absolute atomic E-state index is 0.0122. The van der Waals surface area contributed by atoms with E-state index in [2.05, 4.69) is 16.0 Å². The Morgan fingerprint density at radius 2 is 1.93 bits per heavy atom. The summed E-state index contributed by atoms with van der Waals surface area (Å²) in [5.74, 6) is -1.57. The highest BCUT2D eigenvalue weighted by Crippen LogP contribution is 2.45. The van der Waals surface area contributed by atoms with Crippen LogP contribution in [-0.2, 0) is 14.9 Å². The average Bonchev–Trinajstić information content (AvgIpc) is 3.47. The molecule has 1 aliphatic carbocycles. The van der Waals surface area contributed by atoms with Crippen molar-refractivity contribution in [2.24, 2.45) is 17.6 Å². The van der Waals surface area contributed by atoms with Gasteiger partial charge >= 0.3 is 5.97 Å². The number of allylic oxidation sites excluding steroid dienone is 1. The molecular weight excluding hydrogens is 506 g/mol. The summed E-state index contributed by atoms with van der Waals surface area (Å²) in [6.07, 6.45) is 17.3. The summed E-state index contributed by atoms with van der Waals surface area (Å²) in [6, 6.07) is 12.9. The minimum atomic E-state index is -1.58. The molecule has 2 unspecified atom stereocenters. The number of carboxylic acid groups (broad SMARTS) is 1. The summed E-state index contributed by atoms with van der Waals surface area (Å²) in [5.41, 5.74) is 5.36. The van der Waals surface area contributed by atoms with Crippen molar-refractivity contribution in [1.29, 1.82) is 0 Å². The van der Waals surface area contributed by atoms with Gasteiger partial charge in [-0.3, -0.25) is 14.6 Å². The molecule has 2 heterocycles. The molecule has 8 heteroatoms. The van der Waals surface area contributed by atoms with E-state index in [0.717, 1.165) is 50.4 Å². The molecule has 40 heavy (non-hydrogen) atoms. The zero-order chi connectivity index (χ0) is 28.4.